The molecule has 0 fully saturated rings. The van der Waals surface area contributed by atoms with Crippen LogP contribution in [0, 0.1) is 6.92 Å². The van der Waals surface area contributed by atoms with Crippen molar-refractivity contribution in [1.29, 1.82) is 0 Å². The highest BCUT2D eigenvalue weighted by Gasteiger charge is 2.25. The van der Waals surface area contributed by atoms with E-state index in [1.165, 1.54) is 0 Å². The average Bonchev–Trinajstić information content (AvgIpc) is 2.98. The Morgan fingerprint density at radius 3 is 2.92 bits per heavy atom. The van der Waals surface area contributed by atoms with Gasteiger partial charge in [-0.1, -0.05) is 18.2 Å². The second-order valence-corrected chi connectivity index (χ2v) is 6.12. The van der Waals surface area contributed by atoms with Gasteiger partial charge in [-0.05, 0) is 31.2 Å². The molecule has 1 atom stereocenters. The van der Waals surface area contributed by atoms with E-state index in [0.29, 0.717) is 18.0 Å². The fourth-order valence-electron chi connectivity index (χ4n) is 3.26. The van der Waals surface area contributed by atoms with E-state index in [0.717, 1.165) is 34.4 Å². The number of benzene rings is 2. The number of methoxy groups -OCH3 is 1. The van der Waals surface area contributed by atoms with Gasteiger partial charge in [0.2, 0.25) is 0 Å². The Kier molecular flexibility index (Phi) is 3.84. The lowest BCUT2D eigenvalue weighted by atomic mass is 10.0. The molecule has 2 heterocycles. The number of para-hydroxylation sites is 1. The Bertz CT molecular complexity index is 944. The van der Waals surface area contributed by atoms with Gasteiger partial charge in [0.1, 0.15) is 17.1 Å². The summed E-state index contributed by atoms with van der Waals surface area (Å²) in [5.74, 6) is 1.69. The zero-order valence-electron chi connectivity index (χ0n) is 14.2. The SMILES string of the molecule is COc1ccc2oc(C(=O)N[C@@H]3CCOc4ccccc43)c(C)c2c1. The largest absolute Gasteiger partial charge is 0.497 e. The number of amides is 1. The third-order valence-corrected chi connectivity index (χ3v) is 4.61. The molecule has 1 aromatic heterocycles. The van der Waals surface area contributed by atoms with Crippen molar-refractivity contribution in [1.82, 2.24) is 5.32 Å². The van der Waals surface area contributed by atoms with Gasteiger partial charge < -0.3 is 19.2 Å². The molecule has 2 aromatic carbocycles. The normalized spacial score (nSPS) is 16.2. The number of carbonyl (C=O) groups is 1. The number of aryl methyl sites for hydroxylation is 1. The first-order valence-corrected chi connectivity index (χ1v) is 8.27. The molecule has 0 saturated carbocycles. The van der Waals surface area contributed by atoms with Crippen LogP contribution in [0.25, 0.3) is 11.0 Å². The molecular weight excluding hydrogens is 318 g/mol. The zero-order chi connectivity index (χ0) is 17.4. The van der Waals surface area contributed by atoms with E-state index in [1.54, 1.807) is 7.11 Å². The number of nitrogens with one attached hydrogen (secondary N) is 1. The molecular formula is C20H19NO4. The van der Waals surface area contributed by atoms with Crippen LogP contribution in [-0.2, 0) is 0 Å². The third-order valence-electron chi connectivity index (χ3n) is 4.61. The van der Waals surface area contributed by atoms with Crippen LogP contribution in [0.5, 0.6) is 11.5 Å². The summed E-state index contributed by atoms with van der Waals surface area (Å²) < 4.78 is 16.7. The molecule has 3 aromatic rings. The predicted octanol–water partition coefficient (Wildman–Crippen LogP) is 4.00. The quantitative estimate of drug-likeness (QED) is 0.785. The van der Waals surface area contributed by atoms with Crippen molar-refractivity contribution in [2.75, 3.05) is 13.7 Å². The molecule has 0 spiro atoms. The van der Waals surface area contributed by atoms with E-state index in [4.69, 9.17) is 13.9 Å². The lowest BCUT2D eigenvalue weighted by Crippen LogP contribution is -2.32. The Morgan fingerprint density at radius 2 is 2.08 bits per heavy atom. The zero-order valence-corrected chi connectivity index (χ0v) is 14.2. The molecule has 0 saturated heterocycles. The van der Waals surface area contributed by atoms with Crippen LogP contribution < -0.4 is 14.8 Å². The van der Waals surface area contributed by atoms with Crippen LogP contribution in [-0.4, -0.2) is 19.6 Å². The van der Waals surface area contributed by atoms with E-state index in [1.807, 2.05) is 49.4 Å². The van der Waals surface area contributed by atoms with E-state index in [-0.39, 0.29) is 11.9 Å². The van der Waals surface area contributed by atoms with Gasteiger partial charge >= 0.3 is 0 Å². The summed E-state index contributed by atoms with van der Waals surface area (Å²) in [6.45, 7) is 2.47. The standard InChI is InChI=1S/C20H19NO4/c1-12-15-11-13(23-2)7-8-18(15)25-19(12)20(22)21-16-9-10-24-17-6-4-3-5-14(16)17/h3-8,11,16H,9-10H2,1-2H3,(H,21,22)/t16-/m1/s1. The number of fused-ring (bicyclic) bond motifs is 2. The lowest BCUT2D eigenvalue weighted by molar-refractivity contribution is 0.0898. The van der Waals surface area contributed by atoms with Gasteiger partial charge in [0.15, 0.2) is 5.76 Å². The number of hydrogen-bond donors (Lipinski definition) is 1. The third kappa shape index (κ3) is 2.71. The highest BCUT2D eigenvalue weighted by molar-refractivity contribution is 5.99. The van der Waals surface area contributed by atoms with Crippen LogP contribution in [0.15, 0.2) is 46.9 Å². The van der Waals surface area contributed by atoms with Gasteiger partial charge in [-0.25, -0.2) is 0 Å². The van der Waals surface area contributed by atoms with Crippen LogP contribution in [0.3, 0.4) is 0 Å². The van der Waals surface area contributed by atoms with Gasteiger partial charge in [0.05, 0.1) is 19.8 Å². The fourth-order valence-corrected chi connectivity index (χ4v) is 3.26. The highest BCUT2D eigenvalue weighted by atomic mass is 16.5. The van der Waals surface area contributed by atoms with Gasteiger partial charge in [0.25, 0.3) is 5.91 Å². The molecule has 1 aliphatic rings. The molecule has 1 aliphatic heterocycles. The van der Waals surface area contributed by atoms with Crippen molar-refractivity contribution < 1.29 is 18.7 Å². The van der Waals surface area contributed by atoms with Crippen molar-refractivity contribution in [3.63, 3.8) is 0 Å². The van der Waals surface area contributed by atoms with Crippen LogP contribution in [0.2, 0.25) is 0 Å². The second kappa shape index (κ2) is 6.16. The smallest absolute Gasteiger partial charge is 0.287 e. The van der Waals surface area contributed by atoms with Crippen molar-refractivity contribution in [3.8, 4) is 11.5 Å². The van der Waals surface area contributed by atoms with Crippen molar-refractivity contribution in [3.05, 3.63) is 59.4 Å². The van der Waals surface area contributed by atoms with E-state index in [9.17, 15) is 4.79 Å². The van der Waals surface area contributed by atoms with Gasteiger partial charge in [-0.3, -0.25) is 4.79 Å². The molecule has 0 aliphatic carbocycles. The number of hydrogen-bond acceptors (Lipinski definition) is 4. The molecule has 25 heavy (non-hydrogen) atoms. The Morgan fingerprint density at radius 1 is 1.24 bits per heavy atom. The van der Waals surface area contributed by atoms with Crippen LogP contribution in [0.1, 0.15) is 34.1 Å². The molecule has 1 amide bonds. The highest BCUT2D eigenvalue weighted by Crippen LogP contribution is 2.33. The summed E-state index contributed by atoms with van der Waals surface area (Å²) in [5.41, 5.74) is 2.49. The van der Waals surface area contributed by atoms with Crippen LogP contribution >= 0.6 is 0 Å². The first kappa shape index (κ1) is 15.6. The monoisotopic (exact) mass is 337 g/mol. The summed E-state index contributed by atoms with van der Waals surface area (Å²) in [6, 6.07) is 13.2. The van der Waals surface area contributed by atoms with Crippen molar-refractivity contribution >= 4 is 16.9 Å². The molecule has 0 bridgehead atoms. The summed E-state index contributed by atoms with van der Waals surface area (Å²) in [5, 5.41) is 3.96. The predicted molar refractivity (Wildman–Crippen MR) is 94.3 cm³/mol. The number of rotatable bonds is 3. The van der Waals surface area contributed by atoms with E-state index >= 15 is 0 Å². The van der Waals surface area contributed by atoms with E-state index in [2.05, 4.69) is 5.32 Å². The van der Waals surface area contributed by atoms with E-state index < -0.39 is 0 Å². The maximum Gasteiger partial charge on any atom is 0.287 e. The number of furan rings is 1. The fraction of sp³-hybridized carbons (Fsp3) is 0.250. The van der Waals surface area contributed by atoms with Crippen LogP contribution in [0.4, 0.5) is 0 Å². The van der Waals surface area contributed by atoms with Gasteiger partial charge in [-0.2, -0.15) is 0 Å². The minimum absolute atomic E-state index is 0.0837. The minimum Gasteiger partial charge on any atom is -0.497 e. The number of carbonyl (C=O) groups excluding carboxylic acids is 1. The van der Waals surface area contributed by atoms with Gasteiger partial charge in [0, 0.05) is 22.9 Å². The molecule has 0 radical (unpaired) electrons. The summed E-state index contributed by atoms with van der Waals surface area (Å²) >= 11 is 0. The number of ether oxygens (including phenoxy) is 2. The maximum absolute atomic E-state index is 12.8. The summed E-state index contributed by atoms with van der Waals surface area (Å²) in [4.78, 5) is 12.8. The first-order chi connectivity index (χ1) is 12.2. The molecule has 128 valence electrons. The summed E-state index contributed by atoms with van der Waals surface area (Å²) in [6.07, 6.45) is 0.732. The van der Waals surface area contributed by atoms with Crippen molar-refractivity contribution in [2.24, 2.45) is 0 Å². The second-order valence-electron chi connectivity index (χ2n) is 6.12. The first-order valence-electron chi connectivity index (χ1n) is 8.27. The minimum atomic E-state index is -0.214. The maximum atomic E-state index is 12.8. The molecule has 0 unspecified atom stereocenters. The Labute approximate surface area is 145 Å². The molecule has 1 N–H and O–H groups in total. The molecule has 5 heteroatoms. The Hall–Kier alpha value is -2.95. The van der Waals surface area contributed by atoms with Gasteiger partial charge in [-0.15, -0.1) is 0 Å². The topological polar surface area (TPSA) is 60.7 Å². The molecule has 4 rings (SSSR count). The average molecular weight is 337 g/mol. The summed E-state index contributed by atoms with van der Waals surface area (Å²) in [7, 11) is 1.62. The Balaban J connectivity index is 1.64. The lowest BCUT2D eigenvalue weighted by Gasteiger charge is -2.26. The van der Waals surface area contributed by atoms with Crippen molar-refractivity contribution in [2.45, 2.75) is 19.4 Å². The molecule has 5 nitrogen and oxygen atoms in total.